The molecule has 1 aliphatic carbocycles. The largest absolute Gasteiger partial charge is 0.496 e. The molecule has 0 aliphatic heterocycles. The number of fused-ring (bicyclic) bond motifs is 1. The maximum absolute atomic E-state index is 12.9. The number of hydrogen-bond acceptors (Lipinski definition) is 3. The summed E-state index contributed by atoms with van der Waals surface area (Å²) in [6.07, 6.45) is 5.37. The molecule has 140 valence electrons. The molecule has 0 amide bonds. The smallest absolute Gasteiger partial charge is 0.241 e. The van der Waals surface area contributed by atoms with E-state index in [0.29, 0.717) is 12.2 Å². The molecule has 1 N–H and O–H groups in total. The lowest BCUT2D eigenvalue weighted by atomic mass is 9.89. The van der Waals surface area contributed by atoms with Gasteiger partial charge in [0.1, 0.15) is 5.75 Å². The summed E-state index contributed by atoms with van der Waals surface area (Å²) < 4.78 is 34.6. The Morgan fingerprint density at radius 3 is 2.50 bits per heavy atom. The molecule has 1 atom stereocenters. The van der Waals surface area contributed by atoms with Gasteiger partial charge in [-0.3, -0.25) is 0 Å². The molecular weight excluding hydrogens is 461 g/mol. The fourth-order valence-corrected chi connectivity index (χ4v) is 5.71. The minimum Gasteiger partial charge on any atom is -0.496 e. The fourth-order valence-electron chi connectivity index (χ4n) is 3.43. The molecule has 26 heavy (non-hydrogen) atoms. The van der Waals surface area contributed by atoms with E-state index in [1.807, 2.05) is 6.92 Å². The van der Waals surface area contributed by atoms with Crippen molar-refractivity contribution in [3.05, 3.63) is 56.7 Å². The predicted molar refractivity (Wildman–Crippen MR) is 112 cm³/mol. The molecular formula is C20H24INO3S. The Hall–Kier alpha value is -1.12. The zero-order valence-electron chi connectivity index (χ0n) is 15.1. The lowest BCUT2D eigenvalue weighted by Gasteiger charge is -2.22. The van der Waals surface area contributed by atoms with Gasteiger partial charge in [-0.1, -0.05) is 25.1 Å². The van der Waals surface area contributed by atoms with Gasteiger partial charge in [-0.05, 0) is 89.6 Å². The van der Waals surface area contributed by atoms with Crippen molar-refractivity contribution in [1.29, 1.82) is 0 Å². The Labute approximate surface area is 169 Å². The van der Waals surface area contributed by atoms with Crippen LogP contribution in [0.1, 0.15) is 48.9 Å². The van der Waals surface area contributed by atoms with Gasteiger partial charge >= 0.3 is 0 Å². The van der Waals surface area contributed by atoms with Crippen molar-refractivity contribution in [2.45, 2.75) is 50.0 Å². The number of sulfonamides is 1. The van der Waals surface area contributed by atoms with Crippen molar-refractivity contribution in [1.82, 2.24) is 4.72 Å². The topological polar surface area (TPSA) is 55.4 Å². The molecule has 0 spiro atoms. The van der Waals surface area contributed by atoms with Crippen molar-refractivity contribution in [2.24, 2.45) is 0 Å². The summed E-state index contributed by atoms with van der Waals surface area (Å²) in [5, 5.41) is 0. The van der Waals surface area contributed by atoms with Crippen LogP contribution in [0.4, 0.5) is 0 Å². The second kappa shape index (κ2) is 8.27. The van der Waals surface area contributed by atoms with Crippen LogP contribution >= 0.6 is 22.6 Å². The molecule has 0 radical (unpaired) electrons. The van der Waals surface area contributed by atoms with E-state index in [1.54, 1.807) is 25.3 Å². The Balaban J connectivity index is 1.86. The number of aryl methyl sites for hydroxylation is 2. The van der Waals surface area contributed by atoms with Crippen molar-refractivity contribution in [2.75, 3.05) is 7.11 Å². The highest BCUT2D eigenvalue weighted by Crippen LogP contribution is 2.28. The van der Waals surface area contributed by atoms with E-state index in [9.17, 15) is 8.42 Å². The molecule has 0 saturated carbocycles. The lowest BCUT2D eigenvalue weighted by molar-refractivity contribution is 0.411. The number of nitrogens with one attached hydrogen (secondary N) is 1. The van der Waals surface area contributed by atoms with Crippen molar-refractivity contribution in [3.8, 4) is 5.75 Å². The molecule has 2 aromatic carbocycles. The summed E-state index contributed by atoms with van der Waals surface area (Å²) in [4.78, 5) is 0.263. The Bertz CT molecular complexity index is 896. The van der Waals surface area contributed by atoms with E-state index in [4.69, 9.17) is 4.74 Å². The van der Waals surface area contributed by atoms with Crippen LogP contribution in [0.25, 0.3) is 0 Å². The fraction of sp³-hybridized carbons (Fsp3) is 0.400. The second-order valence-electron chi connectivity index (χ2n) is 6.61. The molecule has 0 fully saturated rings. The second-order valence-corrected chi connectivity index (χ2v) is 9.49. The molecule has 2 aromatic rings. The van der Waals surface area contributed by atoms with Crippen LogP contribution in [0.3, 0.4) is 0 Å². The minimum absolute atomic E-state index is 0.230. The van der Waals surface area contributed by atoms with E-state index in [0.717, 1.165) is 22.0 Å². The number of methoxy groups -OCH3 is 1. The average molecular weight is 485 g/mol. The van der Waals surface area contributed by atoms with Gasteiger partial charge in [-0.2, -0.15) is 0 Å². The first kappa shape index (κ1) is 19.6. The first-order chi connectivity index (χ1) is 12.4. The molecule has 0 saturated heterocycles. The number of halogens is 1. The summed E-state index contributed by atoms with van der Waals surface area (Å²) in [6.45, 7) is 2.00. The van der Waals surface area contributed by atoms with Gasteiger partial charge in [-0.15, -0.1) is 0 Å². The first-order valence-electron chi connectivity index (χ1n) is 8.92. The third kappa shape index (κ3) is 4.23. The van der Waals surface area contributed by atoms with Gasteiger partial charge in [0.15, 0.2) is 0 Å². The van der Waals surface area contributed by atoms with Gasteiger partial charge in [0.25, 0.3) is 0 Å². The van der Waals surface area contributed by atoms with Gasteiger partial charge in [0, 0.05) is 6.04 Å². The third-order valence-electron chi connectivity index (χ3n) is 4.91. The van der Waals surface area contributed by atoms with E-state index < -0.39 is 10.0 Å². The number of benzene rings is 2. The van der Waals surface area contributed by atoms with Crippen molar-refractivity contribution < 1.29 is 13.2 Å². The Morgan fingerprint density at radius 2 is 1.85 bits per heavy atom. The molecule has 0 heterocycles. The molecule has 1 aliphatic rings. The maximum Gasteiger partial charge on any atom is 0.241 e. The summed E-state index contributed by atoms with van der Waals surface area (Å²) in [6, 6.07) is 11.1. The highest BCUT2D eigenvalue weighted by molar-refractivity contribution is 14.1. The molecule has 6 heteroatoms. The maximum atomic E-state index is 12.9. The van der Waals surface area contributed by atoms with Crippen molar-refractivity contribution >= 4 is 32.6 Å². The summed E-state index contributed by atoms with van der Waals surface area (Å²) in [5.74, 6) is 0.672. The highest BCUT2D eigenvalue weighted by Gasteiger charge is 2.22. The minimum atomic E-state index is -3.60. The lowest BCUT2D eigenvalue weighted by Crippen LogP contribution is -2.28. The highest BCUT2D eigenvalue weighted by atomic mass is 127. The molecule has 0 aromatic heterocycles. The monoisotopic (exact) mass is 485 g/mol. The average Bonchev–Trinajstić information content (AvgIpc) is 2.65. The third-order valence-corrected chi connectivity index (χ3v) is 7.23. The Kier molecular flexibility index (Phi) is 6.25. The SMILES string of the molecule is CCC(NS(=O)(=O)c1ccc(OC)c(I)c1)c1ccc2c(c1)CCCC2. The van der Waals surface area contributed by atoms with Gasteiger partial charge in [-0.25, -0.2) is 13.1 Å². The quantitative estimate of drug-likeness (QED) is 0.609. The zero-order chi connectivity index (χ0) is 18.7. The predicted octanol–water partition coefficient (Wildman–Crippen LogP) is 4.61. The van der Waals surface area contributed by atoms with Crippen LogP contribution < -0.4 is 9.46 Å². The van der Waals surface area contributed by atoms with Crippen LogP contribution in [0.2, 0.25) is 0 Å². The van der Waals surface area contributed by atoms with Crippen LogP contribution in [-0.2, 0) is 22.9 Å². The molecule has 0 bridgehead atoms. The summed E-state index contributed by atoms with van der Waals surface area (Å²) in [5.41, 5.74) is 3.81. The van der Waals surface area contributed by atoms with E-state index in [2.05, 4.69) is 45.5 Å². The first-order valence-corrected chi connectivity index (χ1v) is 11.5. The van der Waals surface area contributed by atoms with Crippen LogP contribution in [-0.4, -0.2) is 15.5 Å². The van der Waals surface area contributed by atoms with Crippen molar-refractivity contribution in [3.63, 3.8) is 0 Å². The van der Waals surface area contributed by atoms with E-state index in [-0.39, 0.29) is 10.9 Å². The number of ether oxygens (including phenoxy) is 1. The molecule has 4 nitrogen and oxygen atoms in total. The van der Waals surface area contributed by atoms with E-state index >= 15 is 0 Å². The van der Waals surface area contributed by atoms with Crippen LogP contribution in [0, 0.1) is 3.57 Å². The van der Waals surface area contributed by atoms with Crippen LogP contribution in [0.15, 0.2) is 41.3 Å². The summed E-state index contributed by atoms with van der Waals surface area (Å²) >= 11 is 2.09. The van der Waals surface area contributed by atoms with Gasteiger partial charge < -0.3 is 4.74 Å². The zero-order valence-corrected chi connectivity index (χ0v) is 18.1. The number of hydrogen-bond donors (Lipinski definition) is 1. The molecule has 1 unspecified atom stereocenters. The normalized spacial score (nSPS) is 15.3. The molecule has 3 rings (SSSR count). The van der Waals surface area contributed by atoms with E-state index in [1.165, 1.54) is 24.0 Å². The standard InChI is InChI=1S/C20H24INO3S/c1-3-19(16-9-8-14-6-4-5-7-15(14)12-16)22-26(23,24)17-10-11-20(25-2)18(21)13-17/h8-13,19,22H,3-7H2,1-2H3. The summed E-state index contributed by atoms with van der Waals surface area (Å²) in [7, 11) is -2.02. The Morgan fingerprint density at radius 1 is 1.12 bits per heavy atom. The van der Waals surface area contributed by atoms with Crippen LogP contribution in [0.5, 0.6) is 5.75 Å². The van der Waals surface area contributed by atoms with Gasteiger partial charge in [0.2, 0.25) is 10.0 Å². The van der Waals surface area contributed by atoms with Gasteiger partial charge in [0.05, 0.1) is 15.6 Å². The number of rotatable bonds is 6.